The van der Waals surface area contributed by atoms with Gasteiger partial charge in [-0.15, -0.1) is 0 Å². The molecule has 0 aliphatic rings. The van der Waals surface area contributed by atoms with E-state index in [-0.39, 0.29) is 16.7 Å². The molecule has 0 aliphatic heterocycles. The Hall–Kier alpha value is -2.48. The largest absolute Gasteiger partial charge is 0.418 e. The smallest absolute Gasteiger partial charge is 0.373 e. The fourth-order valence-corrected chi connectivity index (χ4v) is 2.94. The van der Waals surface area contributed by atoms with Gasteiger partial charge in [-0.2, -0.15) is 18.4 Å². The summed E-state index contributed by atoms with van der Waals surface area (Å²) in [6.45, 7) is 6.41. The van der Waals surface area contributed by atoms with Crippen molar-refractivity contribution >= 4 is 5.69 Å². The van der Waals surface area contributed by atoms with Crippen LogP contribution in [0.5, 0.6) is 0 Å². The van der Waals surface area contributed by atoms with Crippen molar-refractivity contribution in [2.75, 3.05) is 18.5 Å². The standard InChI is InChI=1S/C20H21F3N2/c1-14-5-8-16(9-6-14)19(2,3)13-25(4)18-10-7-15(12-24)11-17(18)20(21,22)23/h5-11H,13H2,1-4H3. The molecule has 0 heterocycles. The molecule has 2 aromatic carbocycles. The van der Waals surface area contributed by atoms with Crippen molar-refractivity contribution in [2.24, 2.45) is 0 Å². The highest BCUT2D eigenvalue weighted by molar-refractivity contribution is 5.58. The summed E-state index contributed by atoms with van der Waals surface area (Å²) in [6, 6.07) is 13.5. The number of benzene rings is 2. The predicted molar refractivity (Wildman–Crippen MR) is 93.6 cm³/mol. The molecular weight excluding hydrogens is 325 g/mol. The first-order valence-corrected chi connectivity index (χ1v) is 7.94. The van der Waals surface area contributed by atoms with Gasteiger partial charge in [-0.05, 0) is 30.7 Å². The fourth-order valence-electron chi connectivity index (χ4n) is 2.94. The van der Waals surface area contributed by atoms with E-state index < -0.39 is 11.7 Å². The van der Waals surface area contributed by atoms with Gasteiger partial charge in [0.25, 0.3) is 0 Å². The summed E-state index contributed by atoms with van der Waals surface area (Å²) >= 11 is 0. The Morgan fingerprint density at radius 1 is 1.04 bits per heavy atom. The van der Waals surface area contributed by atoms with Crippen LogP contribution in [0.15, 0.2) is 42.5 Å². The minimum Gasteiger partial charge on any atom is -0.373 e. The van der Waals surface area contributed by atoms with Gasteiger partial charge in [-0.25, -0.2) is 0 Å². The highest BCUT2D eigenvalue weighted by atomic mass is 19.4. The Balaban J connectivity index is 2.36. The summed E-state index contributed by atoms with van der Waals surface area (Å²) in [6.07, 6.45) is -4.51. The van der Waals surface area contributed by atoms with Crippen LogP contribution in [-0.2, 0) is 11.6 Å². The van der Waals surface area contributed by atoms with Crippen molar-refractivity contribution < 1.29 is 13.2 Å². The summed E-state index contributed by atoms with van der Waals surface area (Å²) in [5, 5.41) is 8.88. The minimum atomic E-state index is -4.51. The van der Waals surface area contributed by atoms with Crippen LogP contribution in [0.2, 0.25) is 0 Å². The molecule has 0 atom stereocenters. The first kappa shape index (κ1) is 18.9. The highest BCUT2D eigenvalue weighted by Crippen LogP contribution is 2.38. The van der Waals surface area contributed by atoms with Gasteiger partial charge in [-0.1, -0.05) is 43.7 Å². The molecule has 2 nitrogen and oxygen atoms in total. The number of anilines is 1. The van der Waals surface area contributed by atoms with Crippen molar-refractivity contribution in [3.05, 3.63) is 64.7 Å². The van der Waals surface area contributed by atoms with E-state index in [4.69, 9.17) is 5.26 Å². The maximum atomic E-state index is 13.4. The van der Waals surface area contributed by atoms with E-state index in [1.165, 1.54) is 12.1 Å². The molecule has 5 heteroatoms. The molecule has 0 fully saturated rings. The highest BCUT2D eigenvalue weighted by Gasteiger charge is 2.35. The van der Waals surface area contributed by atoms with Crippen LogP contribution in [0.3, 0.4) is 0 Å². The lowest BCUT2D eigenvalue weighted by Crippen LogP contribution is -2.35. The molecule has 2 aromatic rings. The third-order valence-corrected chi connectivity index (χ3v) is 4.31. The molecule has 0 radical (unpaired) electrons. The molecule has 0 spiro atoms. The quantitative estimate of drug-likeness (QED) is 0.751. The van der Waals surface area contributed by atoms with Gasteiger partial charge in [0.2, 0.25) is 0 Å². The van der Waals surface area contributed by atoms with E-state index in [2.05, 4.69) is 0 Å². The van der Waals surface area contributed by atoms with Gasteiger partial charge < -0.3 is 4.90 Å². The van der Waals surface area contributed by atoms with E-state index >= 15 is 0 Å². The number of likely N-dealkylation sites (N-methyl/N-ethyl adjacent to an activating group) is 1. The normalized spacial score (nSPS) is 11.9. The zero-order valence-corrected chi connectivity index (χ0v) is 14.8. The summed E-state index contributed by atoms with van der Waals surface area (Å²) in [5.74, 6) is 0. The van der Waals surface area contributed by atoms with Crippen LogP contribution in [0.4, 0.5) is 18.9 Å². The van der Waals surface area contributed by atoms with E-state index in [0.717, 1.165) is 17.2 Å². The van der Waals surface area contributed by atoms with Gasteiger partial charge in [-0.3, -0.25) is 0 Å². The monoisotopic (exact) mass is 346 g/mol. The van der Waals surface area contributed by atoms with E-state index in [1.807, 2.05) is 45.0 Å². The summed E-state index contributed by atoms with van der Waals surface area (Å²) in [7, 11) is 1.65. The molecule has 0 saturated heterocycles. The van der Waals surface area contributed by atoms with Crippen molar-refractivity contribution in [1.29, 1.82) is 5.26 Å². The van der Waals surface area contributed by atoms with Gasteiger partial charge in [0.1, 0.15) is 0 Å². The number of alkyl halides is 3. The van der Waals surface area contributed by atoms with Crippen LogP contribution in [-0.4, -0.2) is 13.6 Å². The van der Waals surface area contributed by atoms with E-state index in [9.17, 15) is 13.2 Å². The minimum absolute atomic E-state index is 0.00210. The molecule has 132 valence electrons. The number of rotatable bonds is 4. The number of hydrogen-bond donors (Lipinski definition) is 0. The Labute approximate surface area is 146 Å². The van der Waals surface area contributed by atoms with Crippen LogP contribution >= 0.6 is 0 Å². The lowest BCUT2D eigenvalue weighted by atomic mass is 9.83. The molecule has 0 saturated carbocycles. The zero-order valence-electron chi connectivity index (χ0n) is 14.8. The third-order valence-electron chi connectivity index (χ3n) is 4.31. The maximum absolute atomic E-state index is 13.4. The Morgan fingerprint density at radius 2 is 1.64 bits per heavy atom. The third kappa shape index (κ3) is 4.33. The molecule has 2 rings (SSSR count). The average Bonchev–Trinajstić information content (AvgIpc) is 2.53. The van der Waals surface area contributed by atoms with Gasteiger partial charge in [0.15, 0.2) is 0 Å². The number of hydrogen-bond acceptors (Lipinski definition) is 2. The molecular formula is C20H21F3N2. The van der Waals surface area contributed by atoms with E-state index in [1.54, 1.807) is 18.0 Å². The summed E-state index contributed by atoms with van der Waals surface area (Å²) < 4.78 is 40.2. The molecule has 0 amide bonds. The lowest BCUT2D eigenvalue weighted by Gasteiger charge is -2.33. The summed E-state index contributed by atoms with van der Waals surface area (Å²) in [4.78, 5) is 1.60. The Kier molecular flexibility index (Phi) is 5.12. The van der Waals surface area contributed by atoms with Crippen LogP contribution in [0.1, 0.15) is 36.1 Å². The second-order valence-corrected chi connectivity index (χ2v) is 6.95. The molecule has 0 aliphatic carbocycles. The Bertz CT molecular complexity index is 784. The van der Waals surface area contributed by atoms with Crippen molar-refractivity contribution in [1.82, 2.24) is 0 Å². The second-order valence-electron chi connectivity index (χ2n) is 6.95. The summed E-state index contributed by atoms with van der Waals surface area (Å²) in [5.41, 5.74) is 1.16. The average molecular weight is 346 g/mol. The predicted octanol–water partition coefficient (Wildman–Crippen LogP) is 5.30. The van der Waals surface area contributed by atoms with Crippen LogP contribution in [0.25, 0.3) is 0 Å². The topological polar surface area (TPSA) is 27.0 Å². The van der Waals surface area contributed by atoms with Crippen LogP contribution in [0, 0.1) is 18.3 Å². The number of nitriles is 1. The number of aryl methyl sites for hydroxylation is 1. The zero-order chi connectivity index (χ0) is 18.8. The first-order chi connectivity index (χ1) is 11.5. The Morgan fingerprint density at radius 3 is 2.16 bits per heavy atom. The molecule has 0 bridgehead atoms. The van der Waals surface area contributed by atoms with Crippen molar-refractivity contribution in [3.63, 3.8) is 0 Å². The van der Waals surface area contributed by atoms with Crippen molar-refractivity contribution in [3.8, 4) is 6.07 Å². The number of nitrogens with zero attached hydrogens (tertiary/aromatic N) is 2. The van der Waals surface area contributed by atoms with Gasteiger partial charge in [0.05, 0.1) is 17.2 Å². The van der Waals surface area contributed by atoms with Crippen molar-refractivity contribution in [2.45, 2.75) is 32.4 Å². The fraction of sp³-hybridized carbons (Fsp3) is 0.350. The SMILES string of the molecule is Cc1ccc(C(C)(C)CN(C)c2ccc(C#N)cc2C(F)(F)F)cc1. The van der Waals surface area contributed by atoms with Gasteiger partial charge >= 0.3 is 6.18 Å². The molecule has 25 heavy (non-hydrogen) atoms. The molecule has 0 unspecified atom stereocenters. The van der Waals surface area contributed by atoms with Crippen LogP contribution < -0.4 is 4.90 Å². The number of halogens is 3. The second kappa shape index (κ2) is 6.79. The molecule has 0 aromatic heterocycles. The molecule has 0 N–H and O–H groups in total. The van der Waals surface area contributed by atoms with E-state index in [0.29, 0.717) is 6.54 Å². The van der Waals surface area contributed by atoms with Gasteiger partial charge in [0, 0.05) is 24.7 Å². The first-order valence-electron chi connectivity index (χ1n) is 7.94. The maximum Gasteiger partial charge on any atom is 0.418 e. The lowest BCUT2D eigenvalue weighted by molar-refractivity contribution is -0.137.